The molecule has 0 saturated carbocycles. The summed E-state index contributed by atoms with van der Waals surface area (Å²) in [4.78, 5) is 1.43. The third kappa shape index (κ3) is 2.78. The summed E-state index contributed by atoms with van der Waals surface area (Å²) in [6, 6.07) is 9.70. The van der Waals surface area contributed by atoms with E-state index in [1.54, 1.807) is 7.11 Å². The van der Waals surface area contributed by atoms with Gasteiger partial charge in [-0.15, -0.1) is 11.8 Å². The standard InChI is InChI=1S/C13H19NOS/c1-10(7-8-15-2)14-12-9-16-13-6-4-3-5-11(12)13/h3-6,10,12,14H,7-9H2,1-2H3. The van der Waals surface area contributed by atoms with E-state index in [1.165, 1.54) is 10.5 Å². The molecule has 0 radical (unpaired) electrons. The Morgan fingerprint density at radius 1 is 1.50 bits per heavy atom. The van der Waals surface area contributed by atoms with Crippen molar-refractivity contribution < 1.29 is 4.74 Å². The molecule has 0 amide bonds. The van der Waals surface area contributed by atoms with Crippen LogP contribution < -0.4 is 5.32 Å². The smallest absolute Gasteiger partial charge is 0.0476 e. The van der Waals surface area contributed by atoms with Crippen LogP contribution in [-0.2, 0) is 4.74 Å². The molecule has 0 bridgehead atoms. The minimum absolute atomic E-state index is 0.507. The van der Waals surface area contributed by atoms with Crippen LogP contribution in [0.5, 0.6) is 0 Å². The third-order valence-electron chi connectivity index (χ3n) is 2.94. The Balaban J connectivity index is 1.92. The summed E-state index contributed by atoms with van der Waals surface area (Å²) in [6.45, 7) is 3.06. The number of hydrogen-bond acceptors (Lipinski definition) is 3. The number of ether oxygens (including phenoxy) is 1. The highest BCUT2D eigenvalue weighted by atomic mass is 32.2. The van der Waals surface area contributed by atoms with Gasteiger partial charge in [-0.05, 0) is 25.0 Å². The van der Waals surface area contributed by atoms with Crippen LogP contribution in [0.15, 0.2) is 29.2 Å². The number of methoxy groups -OCH3 is 1. The normalized spacial score (nSPS) is 20.8. The van der Waals surface area contributed by atoms with E-state index in [0.717, 1.165) is 18.8 Å². The van der Waals surface area contributed by atoms with Crippen molar-refractivity contribution in [3.8, 4) is 0 Å². The van der Waals surface area contributed by atoms with Gasteiger partial charge < -0.3 is 10.1 Å². The van der Waals surface area contributed by atoms with Gasteiger partial charge in [0, 0.05) is 36.4 Å². The molecule has 88 valence electrons. The number of fused-ring (bicyclic) bond motifs is 1. The Morgan fingerprint density at radius 2 is 2.31 bits per heavy atom. The first-order valence-corrected chi connectivity index (χ1v) is 6.76. The molecule has 1 aliphatic heterocycles. The lowest BCUT2D eigenvalue weighted by Gasteiger charge is -2.19. The predicted molar refractivity (Wildman–Crippen MR) is 69.0 cm³/mol. The molecule has 0 aromatic heterocycles. The number of hydrogen-bond donors (Lipinski definition) is 1. The van der Waals surface area contributed by atoms with Crippen LogP contribution in [0, 0.1) is 0 Å². The highest BCUT2D eigenvalue weighted by Gasteiger charge is 2.23. The van der Waals surface area contributed by atoms with Crippen LogP contribution in [0.3, 0.4) is 0 Å². The molecule has 1 aliphatic rings. The summed E-state index contributed by atoms with van der Waals surface area (Å²) in [7, 11) is 1.76. The van der Waals surface area contributed by atoms with Gasteiger partial charge in [0.05, 0.1) is 0 Å². The van der Waals surface area contributed by atoms with E-state index in [1.807, 2.05) is 11.8 Å². The Hall–Kier alpha value is -0.510. The van der Waals surface area contributed by atoms with Crippen molar-refractivity contribution in [3.63, 3.8) is 0 Å². The van der Waals surface area contributed by atoms with Gasteiger partial charge in [0.15, 0.2) is 0 Å². The molecule has 1 aromatic carbocycles. The van der Waals surface area contributed by atoms with E-state index in [-0.39, 0.29) is 0 Å². The maximum Gasteiger partial charge on any atom is 0.0476 e. The molecule has 2 atom stereocenters. The predicted octanol–water partition coefficient (Wildman–Crippen LogP) is 2.85. The molecule has 3 heteroatoms. The lowest BCUT2D eigenvalue weighted by molar-refractivity contribution is 0.183. The Labute approximate surface area is 102 Å². The quantitative estimate of drug-likeness (QED) is 0.851. The first kappa shape index (κ1) is 12.0. The Bertz CT molecular complexity index is 342. The molecular weight excluding hydrogens is 218 g/mol. The lowest BCUT2D eigenvalue weighted by Crippen LogP contribution is -2.31. The number of nitrogens with one attached hydrogen (secondary N) is 1. The molecule has 0 spiro atoms. The minimum Gasteiger partial charge on any atom is -0.385 e. The summed E-state index contributed by atoms with van der Waals surface area (Å²) >= 11 is 1.95. The first-order chi connectivity index (χ1) is 7.81. The fraction of sp³-hybridized carbons (Fsp3) is 0.538. The van der Waals surface area contributed by atoms with Gasteiger partial charge in [0.25, 0.3) is 0 Å². The molecule has 0 aliphatic carbocycles. The molecule has 0 fully saturated rings. The molecular formula is C13H19NOS. The van der Waals surface area contributed by atoms with Gasteiger partial charge >= 0.3 is 0 Å². The van der Waals surface area contributed by atoms with Gasteiger partial charge in [-0.3, -0.25) is 0 Å². The van der Waals surface area contributed by atoms with Crippen molar-refractivity contribution in [1.82, 2.24) is 5.32 Å². The highest BCUT2D eigenvalue weighted by molar-refractivity contribution is 7.99. The highest BCUT2D eigenvalue weighted by Crippen LogP contribution is 2.37. The Morgan fingerprint density at radius 3 is 3.12 bits per heavy atom. The lowest BCUT2D eigenvalue weighted by atomic mass is 10.1. The molecule has 1 N–H and O–H groups in total. The summed E-state index contributed by atoms with van der Waals surface area (Å²) in [5.74, 6) is 1.15. The van der Waals surface area contributed by atoms with Crippen LogP contribution in [-0.4, -0.2) is 25.5 Å². The van der Waals surface area contributed by atoms with E-state index in [0.29, 0.717) is 12.1 Å². The molecule has 2 rings (SSSR count). The topological polar surface area (TPSA) is 21.3 Å². The molecule has 1 heterocycles. The fourth-order valence-electron chi connectivity index (χ4n) is 2.02. The fourth-order valence-corrected chi connectivity index (χ4v) is 3.20. The minimum atomic E-state index is 0.507. The zero-order chi connectivity index (χ0) is 11.4. The largest absolute Gasteiger partial charge is 0.385 e. The van der Waals surface area contributed by atoms with E-state index in [9.17, 15) is 0 Å². The van der Waals surface area contributed by atoms with Gasteiger partial charge in [-0.2, -0.15) is 0 Å². The average molecular weight is 237 g/mol. The van der Waals surface area contributed by atoms with Crippen molar-refractivity contribution in [2.45, 2.75) is 30.3 Å². The van der Waals surface area contributed by atoms with E-state index in [4.69, 9.17) is 4.74 Å². The van der Waals surface area contributed by atoms with Crippen LogP contribution in [0.4, 0.5) is 0 Å². The molecule has 16 heavy (non-hydrogen) atoms. The van der Waals surface area contributed by atoms with Crippen LogP contribution in [0.1, 0.15) is 24.9 Å². The van der Waals surface area contributed by atoms with Gasteiger partial charge in [-0.25, -0.2) is 0 Å². The number of thioether (sulfide) groups is 1. The average Bonchev–Trinajstić information content (AvgIpc) is 2.70. The van der Waals surface area contributed by atoms with Crippen molar-refractivity contribution >= 4 is 11.8 Å². The Kier molecular flexibility index (Phi) is 4.27. The van der Waals surface area contributed by atoms with Crippen molar-refractivity contribution in [3.05, 3.63) is 29.8 Å². The first-order valence-electron chi connectivity index (χ1n) is 5.78. The van der Waals surface area contributed by atoms with Gasteiger partial charge in [-0.1, -0.05) is 18.2 Å². The van der Waals surface area contributed by atoms with Gasteiger partial charge in [0.1, 0.15) is 0 Å². The molecule has 1 aromatic rings. The number of benzene rings is 1. The SMILES string of the molecule is COCCC(C)NC1CSc2ccccc21. The van der Waals surface area contributed by atoms with Crippen LogP contribution >= 0.6 is 11.8 Å². The second-order valence-electron chi connectivity index (χ2n) is 4.25. The molecule has 2 nitrogen and oxygen atoms in total. The summed E-state index contributed by atoms with van der Waals surface area (Å²) in [5, 5.41) is 3.67. The summed E-state index contributed by atoms with van der Waals surface area (Å²) < 4.78 is 5.10. The molecule has 2 unspecified atom stereocenters. The maximum atomic E-state index is 5.10. The van der Waals surface area contributed by atoms with E-state index in [2.05, 4.69) is 36.5 Å². The maximum absolute atomic E-state index is 5.10. The van der Waals surface area contributed by atoms with E-state index < -0.39 is 0 Å². The third-order valence-corrected chi connectivity index (χ3v) is 4.12. The molecule has 0 saturated heterocycles. The second kappa shape index (κ2) is 5.71. The summed E-state index contributed by atoms with van der Waals surface area (Å²) in [6.07, 6.45) is 1.07. The number of rotatable bonds is 5. The van der Waals surface area contributed by atoms with Gasteiger partial charge in [0.2, 0.25) is 0 Å². The zero-order valence-electron chi connectivity index (χ0n) is 9.90. The van der Waals surface area contributed by atoms with E-state index >= 15 is 0 Å². The van der Waals surface area contributed by atoms with Crippen molar-refractivity contribution in [1.29, 1.82) is 0 Å². The van der Waals surface area contributed by atoms with Crippen molar-refractivity contribution in [2.75, 3.05) is 19.5 Å². The van der Waals surface area contributed by atoms with Crippen LogP contribution in [0.25, 0.3) is 0 Å². The second-order valence-corrected chi connectivity index (χ2v) is 5.31. The summed E-state index contributed by atoms with van der Waals surface area (Å²) in [5.41, 5.74) is 1.46. The zero-order valence-corrected chi connectivity index (χ0v) is 10.7. The van der Waals surface area contributed by atoms with Crippen LogP contribution in [0.2, 0.25) is 0 Å². The monoisotopic (exact) mass is 237 g/mol. The van der Waals surface area contributed by atoms with Crippen molar-refractivity contribution in [2.24, 2.45) is 0 Å².